The highest BCUT2D eigenvalue weighted by Gasteiger charge is 2.52. The average molecular weight is 489 g/mol. The van der Waals surface area contributed by atoms with Crippen LogP contribution in [0.15, 0.2) is 42.5 Å². The standard InChI is InChI=1S/C31H36O5/c1-3-35-30(34-2)36-28-12-10-23(9-8-21-4-6-22(7-5-21)11-13-29(32)33)17-27(28)31-18-24-14-25(19-31)16-26(15-24)20-31/h4-7,10,12,17,24-26,30H,3,11,13-16,18-20H2,1-2H3,(H,32,33). The number of aliphatic carboxylic acids is 1. The minimum absolute atomic E-state index is 0.139. The van der Waals surface area contributed by atoms with Crippen LogP contribution in [0.5, 0.6) is 5.75 Å². The number of hydrogen-bond acceptors (Lipinski definition) is 4. The van der Waals surface area contributed by atoms with Gasteiger partial charge in [0.15, 0.2) is 0 Å². The SMILES string of the molecule is CCOC(OC)Oc1ccc(C#Cc2ccc(CCC(=O)O)cc2)cc1C12CC3CC(CC(C3)C1)C2. The second-order valence-electron chi connectivity index (χ2n) is 10.8. The average Bonchev–Trinajstić information content (AvgIpc) is 2.86. The molecule has 0 heterocycles. The van der Waals surface area contributed by atoms with Gasteiger partial charge >= 0.3 is 12.4 Å². The molecule has 1 unspecified atom stereocenters. The molecule has 0 radical (unpaired) electrons. The van der Waals surface area contributed by atoms with Crippen LogP contribution in [0.4, 0.5) is 0 Å². The molecule has 6 rings (SSSR count). The molecular formula is C31H36O5. The normalized spacial score (nSPS) is 26.8. The molecular weight excluding hydrogens is 452 g/mol. The van der Waals surface area contributed by atoms with E-state index < -0.39 is 12.4 Å². The first-order valence-corrected chi connectivity index (χ1v) is 13.2. The molecule has 0 saturated heterocycles. The topological polar surface area (TPSA) is 65.0 Å². The Hall–Kier alpha value is -2.81. The summed E-state index contributed by atoms with van der Waals surface area (Å²) in [5.41, 5.74) is 4.32. The fourth-order valence-electron chi connectivity index (χ4n) is 7.11. The summed E-state index contributed by atoms with van der Waals surface area (Å²) in [6, 6.07) is 14.2. The largest absolute Gasteiger partial charge is 0.481 e. The van der Waals surface area contributed by atoms with E-state index in [-0.39, 0.29) is 11.8 Å². The first-order valence-electron chi connectivity index (χ1n) is 13.2. The van der Waals surface area contributed by atoms with Gasteiger partial charge in [-0.05, 0) is 111 Å². The minimum atomic E-state index is -0.779. The maximum atomic E-state index is 10.8. The van der Waals surface area contributed by atoms with Crippen LogP contribution >= 0.6 is 0 Å². The van der Waals surface area contributed by atoms with Gasteiger partial charge in [0.25, 0.3) is 0 Å². The van der Waals surface area contributed by atoms with E-state index in [1.54, 1.807) is 7.11 Å². The molecule has 5 heteroatoms. The van der Waals surface area contributed by atoms with Gasteiger partial charge in [0.1, 0.15) is 5.75 Å². The molecule has 2 aromatic rings. The quantitative estimate of drug-likeness (QED) is 0.351. The van der Waals surface area contributed by atoms with Crippen LogP contribution in [-0.4, -0.2) is 31.3 Å². The second kappa shape index (κ2) is 10.7. The van der Waals surface area contributed by atoms with E-state index in [0.29, 0.717) is 13.0 Å². The summed E-state index contributed by atoms with van der Waals surface area (Å²) in [6.45, 7) is 1.73. The van der Waals surface area contributed by atoms with Crippen molar-refractivity contribution >= 4 is 5.97 Å². The Labute approximate surface area is 214 Å². The number of hydrogen-bond donors (Lipinski definition) is 1. The van der Waals surface area contributed by atoms with Crippen LogP contribution in [0.25, 0.3) is 0 Å². The lowest BCUT2D eigenvalue weighted by Crippen LogP contribution is -2.48. The number of benzene rings is 2. The van der Waals surface area contributed by atoms with E-state index in [9.17, 15) is 4.79 Å². The van der Waals surface area contributed by atoms with E-state index in [1.165, 1.54) is 44.1 Å². The van der Waals surface area contributed by atoms with Crippen molar-refractivity contribution in [3.63, 3.8) is 0 Å². The lowest BCUT2D eigenvalue weighted by molar-refractivity contribution is -0.231. The third-order valence-electron chi connectivity index (χ3n) is 8.24. The fraction of sp³-hybridized carbons (Fsp3) is 0.516. The summed E-state index contributed by atoms with van der Waals surface area (Å²) in [7, 11) is 1.61. The zero-order chi connectivity index (χ0) is 25.1. The van der Waals surface area contributed by atoms with E-state index in [4.69, 9.17) is 19.3 Å². The maximum Gasteiger partial charge on any atom is 0.315 e. The van der Waals surface area contributed by atoms with Gasteiger partial charge in [-0.25, -0.2) is 0 Å². The number of aryl methyl sites for hydroxylation is 1. The Kier molecular flexibility index (Phi) is 7.37. The van der Waals surface area contributed by atoms with Crippen LogP contribution < -0.4 is 4.74 Å². The first-order chi connectivity index (χ1) is 17.5. The molecule has 0 amide bonds. The lowest BCUT2D eigenvalue weighted by Gasteiger charge is -2.57. The molecule has 2 aromatic carbocycles. The Morgan fingerprint density at radius 2 is 1.61 bits per heavy atom. The van der Waals surface area contributed by atoms with Crippen LogP contribution in [-0.2, 0) is 26.1 Å². The molecule has 36 heavy (non-hydrogen) atoms. The molecule has 4 saturated carbocycles. The van der Waals surface area contributed by atoms with Gasteiger partial charge in [0, 0.05) is 30.2 Å². The van der Waals surface area contributed by atoms with Gasteiger partial charge in [-0.3, -0.25) is 4.79 Å². The molecule has 190 valence electrons. The summed E-state index contributed by atoms with van der Waals surface area (Å²) in [4.78, 5) is 10.8. The Morgan fingerprint density at radius 3 is 2.19 bits per heavy atom. The second-order valence-corrected chi connectivity index (χ2v) is 10.8. The highest BCUT2D eigenvalue weighted by molar-refractivity contribution is 5.67. The van der Waals surface area contributed by atoms with Gasteiger partial charge in [-0.15, -0.1) is 0 Å². The summed E-state index contributed by atoms with van der Waals surface area (Å²) in [6.07, 6.45) is 8.52. The number of rotatable bonds is 9. The van der Waals surface area contributed by atoms with Crippen molar-refractivity contribution in [2.75, 3.05) is 13.7 Å². The summed E-state index contributed by atoms with van der Waals surface area (Å²) in [5.74, 6) is 9.19. The molecule has 0 aromatic heterocycles. The minimum Gasteiger partial charge on any atom is -0.481 e. The van der Waals surface area contributed by atoms with Crippen LogP contribution in [0, 0.1) is 29.6 Å². The van der Waals surface area contributed by atoms with Crippen molar-refractivity contribution in [2.24, 2.45) is 17.8 Å². The zero-order valence-electron chi connectivity index (χ0n) is 21.3. The van der Waals surface area contributed by atoms with Crippen LogP contribution in [0.2, 0.25) is 0 Å². The molecule has 5 nitrogen and oxygen atoms in total. The number of methoxy groups -OCH3 is 1. The molecule has 0 aliphatic heterocycles. The number of carboxylic acids is 1. The number of carbonyl (C=O) groups is 1. The van der Waals surface area contributed by atoms with Crippen molar-refractivity contribution in [1.82, 2.24) is 0 Å². The van der Waals surface area contributed by atoms with Crippen molar-refractivity contribution < 1.29 is 24.1 Å². The summed E-state index contributed by atoms with van der Waals surface area (Å²) < 4.78 is 17.3. The highest BCUT2D eigenvalue weighted by atomic mass is 16.8. The zero-order valence-corrected chi connectivity index (χ0v) is 21.3. The van der Waals surface area contributed by atoms with E-state index >= 15 is 0 Å². The lowest BCUT2D eigenvalue weighted by atomic mass is 9.48. The molecule has 4 fully saturated rings. The Balaban J connectivity index is 1.43. The van der Waals surface area contributed by atoms with Gasteiger partial charge in [-0.1, -0.05) is 24.0 Å². The van der Waals surface area contributed by atoms with E-state index in [2.05, 4.69) is 17.9 Å². The van der Waals surface area contributed by atoms with Crippen molar-refractivity contribution in [3.05, 3.63) is 64.7 Å². The summed E-state index contributed by atoms with van der Waals surface area (Å²) >= 11 is 0. The maximum absolute atomic E-state index is 10.8. The van der Waals surface area contributed by atoms with E-state index in [0.717, 1.165) is 40.2 Å². The number of ether oxygens (including phenoxy) is 3. The summed E-state index contributed by atoms with van der Waals surface area (Å²) in [5, 5.41) is 8.89. The molecule has 0 spiro atoms. The van der Waals surface area contributed by atoms with Crippen molar-refractivity contribution in [2.45, 2.75) is 70.2 Å². The highest BCUT2D eigenvalue weighted by Crippen LogP contribution is 2.62. The predicted molar refractivity (Wildman–Crippen MR) is 138 cm³/mol. The Morgan fingerprint density at radius 1 is 1.00 bits per heavy atom. The Bertz CT molecular complexity index is 1100. The van der Waals surface area contributed by atoms with Gasteiger partial charge in [-0.2, -0.15) is 0 Å². The fourth-order valence-corrected chi connectivity index (χ4v) is 7.11. The van der Waals surface area contributed by atoms with E-state index in [1.807, 2.05) is 43.3 Å². The molecule has 4 aliphatic rings. The third-order valence-corrected chi connectivity index (χ3v) is 8.24. The molecule has 4 aliphatic carbocycles. The monoisotopic (exact) mass is 488 g/mol. The van der Waals surface area contributed by atoms with Gasteiger partial charge in [0.2, 0.25) is 0 Å². The molecule has 4 bridgehead atoms. The molecule has 1 atom stereocenters. The van der Waals surface area contributed by atoms with Crippen molar-refractivity contribution in [1.29, 1.82) is 0 Å². The third kappa shape index (κ3) is 5.45. The number of carboxylic acid groups (broad SMARTS) is 1. The predicted octanol–water partition coefficient (Wildman–Crippen LogP) is 5.92. The van der Waals surface area contributed by atoms with Crippen LogP contribution in [0.3, 0.4) is 0 Å². The van der Waals surface area contributed by atoms with Crippen molar-refractivity contribution in [3.8, 4) is 17.6 Å². The molecule has 1 N–H and O–H groups in total. The van der Waals surface area contributed by atoms with Gasteiger partial charge < -0.3 is 19.3 Å². The van der Waals surface area contributed by atoms with Crippen LogP contribution in [0.1, 0.15) is 74.1 Å². The van der Waals surface area contributed by atoms with Gasteiger partial charge in [0.05, 0.1) is 6.61 Å². The smallest absolute Gasteiger partial charge is 0.315 e. The first kappa shape index (κ1) is 24.9.